The molecule has 1 aliphatic carbocycles. The van der Waals surface area contributed by atoms with E-state index in [0.717, 1.165) is 45.8 Å². The number of nitrogens with zero attached hydrogens (tertiary/aromatic N) is 3. The number of nitro benzene ring substituents is 1. The van der Waals surface area contributed by atoms with Crippen LogP contribution in [-0.2, 0) is 16.5 Å². The van der Waals surface area contributed by atoms with Crippen molar-refractivity contribution in [2.45, 2.75) is 30.7 Å². The van der Waals surface area contributed by atoms with E-state index in [0.29, 0.717) is 20.5 Å². The van der Waals surface area contributed by atoms with Crippen LogP contribution in [0.25, 0.3) is 11.8 Å². The number of rotatable bonds is 6. The molecule has 1 aliphatic heterocycles. The van der Waals surface area contributed by atoms with E-state index in [1.165, 1.54) is 48.1 Å². The van der Waals surface area contributed by atoms with Crippen LogP contribution in [0.2, 0.25) is 0 Å². The standard InChI is InChI=1S/C34H24BrN3O6S2/c1-20-6-16-26(19-29(20)38(40)41)46(42,43)44-25-14-7-21(8-15-25)18-30-33(39)37-32(23-9-12-24(35)13-10-23)28-17-11-22-4-2-3-5-27(22)31(28)36-34(37)45-30/h2-10,12-16,18-19,32H,11,17H2,1H3/b30-18-/t32-/m1/s1. The van der Waals surface area contributed by atoms with Crippen molar-refractivity contribution in [3.8, 4) is 5.75 Å². The minimum absolute atomic E-state index is 0.0309. The summed E-state index contributed by atoms with van der Waals surface area (Å²) >= 11 is 4.83. The Hall–Kier alpha value is -4.65. The fourth-order valence-corrected chi connectivity index (χ4v) is 8.07. The molecule has 4 aromatic carbocycles. The van der Waals surface area contributed by atoms with Gasteiger partial charge < -0.3 is 4.18 Å². The van der Waals surface area contributed by atoms with E-state index in [-0.39, 0.29) is 27.9 Å². The number of allylic oxidation sites excluding steroid dienone is 1. The number of aryl methyl sites for hydroxylation is 2. The van der Waals surface area contributed by atoms with E-state index in [1.54, 1.807) is 22.8 Å². The molecule has 0 saturated carbocycles. The predicted molar refractivity (Wildman–Crippen MR) is 179 cm³/mol. The van der Waals surface area contributed by atoms with Gasteiger partial charge in [0.15, 0.2) is 4.80 Å². The van der Waals surface area contributed by atoms with E-state index in [1.807, 2.05) is 36.4 Å². The topological polar surface area (TPSA) is 121 Å². The third kappa shape index (κ3) is 5.42. The highest BCUT2D eigenvalue weighted by Gasteiger charge is 2.32. The van der Waals surface area contributed by atoms with Crippen LogP contribution in [0.5, 0.6) is 5.75 Å². The van der Waals surface area contributed by atoms with Crippen molar-refractivity contribution in [3.63, 3.8) is 0 Å². The number of thiazole rings is 1. The molecule has 0 N–H and O–H groups in total. The van der Waals surface area contributed by atoms with E-state index < -0.39 is 15.0 Å². The lowest BCUT2D eigenvalue weighted by atomic mass is 9.83. The summed E-state index contributed by atoms with van der Waals surface area (Å²) in [5, 5.41) is 11.3. The van der Waals surface area contributed by atoms with Crippen molar-refractivity contribution in [1.29, 1.82) is 0 Å². The third-order valence-electron chi connectivity index (χ3n) is 8.11. The number of hydrogen-bond donors (Lipinski definition) is 0. The van der Waals surface area contributed by atoms with Crippen LogP contribution < -0.4 is 19.1 Å². The zero-order valence-corrected chi connectivity index (χ0v) is 27.4. The molecule has 0 saturated heterocycles. The maximum Gasteiger partial charge on any atom is 0.339 e. The van der Waals surface area contributed by atoms with Crippen molar-refractivity contribution in [1.82, 2.24) is 4.57 Å². The van der Waals surface area contributed by atoms with Crippen molar-refractivity contribution in [2.24, 2.45) is 4.99 Å². The van der Waals surface area contributed by atoms with Crippen LogP contribution in [0.3, 0.4) is 0 Å². The van der Waals surface area contributed by atoms with Crippen LogP contribution in [0, 0.1) is 17.0 Å². The van der Waals surface area contributed by atoms with Crippen LogP contribution >= 0.6 is 27.3 Å². The summed E-state index contributed by atoms with van der Waals surface area (Å²) in [6.45, 7) is 1.53. The van der Waals surface area contributed by atoms with E-state index in [4.69, 9.17) is 9.18 Å². The Bertz CT molecular complexity index is 2380. The summed E-state index contributed by atoms with van der Waals surface area (Å²) < 4.78 is 34.2. The third-order valence-corrected chi connectivity index (χ3v) is 10.9. The zero-order valence-electron chi connectivity index (χ0n) is 24.2. The molecule has 0 unspecified atom stereocenters. The van der Waals surface area contributed by atoms with Gasteiger partial charge in [0.25, 0.3) is 11.2 Å². The molecule has 1 atom stereocenters. The average molecular weight is 715 g/mol. The van der Waals surface area contributed by atoms with Crippen molar-refractivity contribution < 1.29 is 17.5 Å². The molecule has 0 bridgehead atoms. The van der Waals surface area contributed by atoms with Crippen LogP contribution in [0.15, 0.2) is 116 Å². The minimum atomic E-state index is -4.32. The molecular formula is C34H24BrN3O6S2. The van der Waals surface area contributed by atoms with Gasteiger partial charge in [-0.2, -0.15) is 8.42 Å². The average Bonchev–Trinajstić information content (AvgIpc) is 3.35. The number of benzene rings is 4. The summed E-state index contributed by atoms with van der Waals surface area (Å²) in [7, 11) is -4.32. The van der Waals surface area contributed by atoms with Gasteiger partial charge in [-0.1, -0.05) is 81.9 Å². The first-order valence-corrected chi connectivity index (χ1v) is 17.3. The monoisotopic (exact) mass is 713 g/mol. The molecule has 2 aliphatic rings. The summed E-state index contributed by atoms with van der Waals surface area (Å²) in [6.07, 6.45) is 3.41. The molecule has 0 radical (unpaired) electrons. The lowest BCUT2D eigenvalue weighted by Crippen LogP contribution is -2.38. The molecule has 5 aromatic rings. The fraction of sp³-hybridized carbons (Fsp3) is 0.118. The van der Waals surface area contributed by atoms with E-state index in [9.17, 15) is 23.3 Å². The van der Waals surface area contributed by atoms with Gasteiger partial charge in [0.05, 0.1) is 21.2 Å². The van der Waals surface area contributed by atoms with E-state index >= 15 is 0 Å². The molecule has 0 spiro atoms. The second kappa shape index (κ2) is 11.6. The van der Waals surface area contributed by atoms with Gasteiger partial charge in [0.2, 0.25) is 0 Å². The molecule has 12 heteroatoms. The first-order chi connectivity index (χ1) is 22.1. The highest BCUT2D eigenvalue weighted by Crippen LogP contribution is 2.41. The molecule has 9 nitrogen and oxygen atoms in total. The normalized spacial score (nSPS) is 15.9. The Labute approximate surface area is 275 Å². The van der Waals surface area contributed by atoms with Gasteiger partial charge in [0, 0.05) is 21.7 Å². The van der Waals surface area contributed by atoms with Gasteiger partial charge in [0.1, 0.15) is 10.6 Å². The predicted octanol–water partition coefficient (Wildman–Crippen LogP) is 6.07. The number of fused-ring (bicyclic) bond motifs is 3. The van der Waals surface area contributed by atoms with Crippen molar-refractivity contribution in [3.05, 3.63) is 159 Å². The van der Waals surface area contributed by atoms with Crippen molar-refractivity contribution >= 4 is 54.8 Å². The van der Waals surface area contributed by atoms with Gasteiger partial charge in [-0.25, -0.2) is 4.99 Å². The maximum atomic E-state index is 14.0. The Morgan fingerprint density at radius 3 is 2.50 bits per heavy atom. The lowest BCUT2D eigenvalue weighted by molar-refractivity contribution is -0.385. The largest absolute Gasteiger partial charge is 0.379 e. The molecular weight excluding hydrogens is 690 g/mol. The van der Waals surface area contributed by atoms with Gasteiger partial charge >= 0.3 is 10.1 Å². The lowest BCUT2D eigenvalue weighted by Gasteiger charge is -2.30. The number of aromatic nitrogens is 1. The Morgan fingerprint density at radius 1 is 1.02 bits per heavy atom. The first kappa shape index (κ1) is 30.0. The fourth-order valence-electron chi connectivity index (χ4n) is 5.85. The smallest absolute Gasteiger partial charge is 0.339 e. The van der Waals surface area contributed by atoms with Gasteiger partial charge in [-0.15, -0.1) is 0 Å². The Kier molecular flexibility index (Phi) is 7.58. The SMILES string of the molecule is Cc1ccc(S(=O)(=O)Oc2ccc(/C=c3\sc4n(c3=O)[C@H](c3ccc(Br)cc3)C3=C(N=4)c4ccccc4CC3)cc2)cc1[N+](=O)[O-]. The second-order valence-corrected chi connectivity index (χ2v) is 14.4. The zero-order chi connectivity index (χ0) is 32.2. The van der Waals surface area contributed by atoms with Gasteiger partial charge in [-0.3, -0.25) is 19.5 Å². The molecule has 2 heterocycles. The summed E-state index contributed by atoms with van der Waals surface area (Å²) in [5.74, 6) is 0.0309. The Balaban J connectivity index is 1.25. The highest BCUT2D eigenvalue weighted by molar-refractivity contribution is 9.10. The molecule has 46 heavy (non-hydrogen) atoms. The van der Waals surface area contributed by atoms with Crippen LogP contribution in [-0.4, -0.2) is 17.9 Å². The summed E-state index contributed by atoms with van der Waals surface area (Å²) in [5.41, 5.74) is 5.89. The second-order valence-electron chi connectivity index (χ2n) is 11.0. The molecule has 7 rings (SSSR count). The minimum Gasteiger partial charge on any atom is -0.379 e. The highest BCUT2D eigenvalue weighted by atomic mass is 79.9. The summed E-state index contributed by atoms with van der Waals surface area (Å²) in [6, 6.07) is 25.8. The van der Waals surface area contributed by atoms with Crippen LogP contribution in [0.1, 0.15) is 40.3 Å². The first-order valence-electron chi connectivity index (χ1n) is 14.3. The Morgan fingerprint density at radius 2 is 1.76 bits per heavy atom. The number of nitro groups is 1. The van der Waals surface area contributed by atoms with E-state index in [2.05, 4.69) is 28.1 Å². The summed E-state index contributed by atoms with van der Waals surface area (Å²) in [4.78, 5) is 30.0. The molecule has 230 valence electrons. The van der Waals surface area contributed by atoms with Crippen LogP contribution in [0.4, 0.5) is 5.69 Å². The number of halogens is 1. The molecule has 0 fully saturated rings. The maximum absolute atomic E-state index is 14.0. The van der Waals surface area contributed by atoms with Crippen molar-refractivity contribution in [2.75, 3.05) is 0 Å². The quantitative estimate of drug-likeness (QED) is 0.120. The van der Waals surface area contributed by atoms with Gasteiger partial charge in [-0.05, 0) is 78.4 Å². The molecule has 1 aromatic heterocycles. The molecule has 0 amide bonds. The number of hydrogen-bond acceptors (Lipinski definition) is 8.